The first kappa shape index (κ1) is 15.8. The van der Waals surface area contributed by atoms with Crippen LogP contribution in [-0.2, 0) is 9.59 Å². The van der Waals surface area contributed by atoms with Crippen LogP contribution in [0.2, 0.25) is 0 Å². The van der Waals surface area contributed by atoms with E-state index in [4.69, 9.17) is 15.3 Å². The highest BCUT2D eigenvalue weighted by atomic mass is 16.3. The van der Waals surface area contributed by atoms with Crippen LogP contribution in [0.5, 0.6) is 0 Å². The number of hydrogen-bond acceptors (Lipinski definition) is 5. The van der Waals surface area contributed by atoms with E-state index in [2.05, 4.69) is 10.6 Å². The molecule has 7 nitrogen and oxygen atoms in total. The summed E-state index contributed by atoms with van der Waals surface area (Å²) in [5.74, 6) is -0.582. The van der Waals surface area contributed by atoms with Crippen molar-refractivity contribution in [1.29, 1.82) is 0 Å². The standard InChI is InChI=1S/C10H20N2O5/c1-11-8(16)3-2-4-9(17)12-10(5-13,6-14)7-15/h13-15H,2-7H2,1H3,(H,11,16)(H,12,17). The third-order valence-electron chi connectivity index (χ3n) is 2.40. The number of carbonyl (C=O) groups is 2. The summed E-state index contributed by atoms with van der Waals surface area (Å²) in [4.78, 5) is 22.3. The minimum Gasteiger partial charge on any atom is -0.394 e. The van der Waals surface area contributed by atoms with Gasteiger partial charge in [0.05, 0.1) is 19.8 Å². The number of carbonyl (C=O) groups excluding carboxylic acids is 2. The molecule has 0 radical (unpaired) electrons. The zero-order valence-electron chi connectivity index (χ0n) is 9.90. The Morgan fingerprint density at radius 2 is 1.47 bits per heavy atom. The quantitative estimate of drug-likeness (QED) is 0.332. The molecule has 0 heterocycles. The second-order valence-corrected chi connectivity index (χ2v) is 3.83. The number of rotatable bonds is 8. The molecular formula is C10H20N2O5. The summed E-state index contributed by atoms with van der Waals surface area (Å²) in [5.41, 5.74) is -1.40. The predicted molar refractivity (Wildman–Crippen MR) is 60.0 cm³/mol. The van der Waals surface area contributed by atoms with Gasteiger partial charge in [-0.1, -0.05) is 0 Å². The Morgan fingerprint density at radius 1 is 1.00 bits per heavy atom. The van der Waals surface area contributed by atoms with Gasteiger partial charge >= 0.3 is 0 Å². The van der Waals surface area contributed by atoms with Crippen molar-refractivity contribution in [3.8, 4) is 0 Å². The SMILES string of the molecule is CNC(=O)CCCC(=O)NC(CO)(CO)CO. The van der Waals surface area contributed by atoms with E-state index in [0.29, 0.717) is 6.42 Å². The third-order valence-corrected chi connectivity index (χ3v) is 2.40. The first-order valence-corrected chi connectivity index (χ1v) is 5.37. The highest BCUT2D eigenvalue weighted by molar-refractivity contribution is 5.79. The fourth-order valence-corrected chi connectivity index (χ4v) is 1.16. The van der Waals surface area contributed by atoms with Crippen molar-refractivity contribution < 1.29 is 24.9 Å². The molecule has 0 saturated carbocycles. The fraction of sp³-hybridized carbons (Fsp3) is 0.800. The molecule has 0 unspecified atom stereocenters. The monoisotopic (exact) mass is 248 g/mol. The Balaban J connectivity index is 4.03. The minimum absolute atomic E-state index is 0.0924. The molecule has 5 N–H and O–H groups in total. The van der Waals surface area contributed by atoms with E-state index >= 15 is 0 Å². The molecule has 17 heavy (non-hydrogen) atoms. The van der Waals surface area contributed by atoms with Crippen LogP contribution in [0.25, 0.3) is 0 Å². The van der Waals surface area contributed by atoms with Gasteiger partial charge in [-0.15, -0.1) is 0 Å². The molecule has 0 atom stereocenters. The predicted octanol–water partition coefficient (Wildman–Crippen LogP) is -2.27. The van der Waals surface area contributed by atoms with Crippen molar-refractivity contribution in [3.05, 3.63) is 0 Å². The van der Waals surface area contributed by atoms with Gasteiger partial charge in [0.25, 0.3) is 0 Å². The van der Waals surface area contributed by atoms with Crippen LogP contribution in [-0.4, -0.2) is 59.5 Å². The van der Waals surface area contributed by atoms with Crippen molar-refractivity contribution in [2.75, 3.05) is 26.9 Å². The van der Waals surface area contributed by atoms with Crippen LogP contribution >= 0.6 is 0 Å². The lowest BCUT2D eigenvalue weighted by Gasteiger charge is -2.28. The molecule has 0 aliphatic carbocycles. The van der Waals surface area contributed by atoms with Crippen molar-refractivity contribution >= 4 is 11.8 Å². The molecule has 0 aliphatic rings. The van der Waals surface area contributed by atoms with Gasteiger partial charge in [-0.2, -0.15) is 0 Å². The van der Waals surface area contributed by atoms with Gasteiger partial charge in [0.15, 0.2) is 0 Å². The number of aliphatic hydroxyl groups is 3. The summed E-state index contributed by atoms with van der Waals surface area (Å²) in [6.07, 6.45) is 0.688. The maximum atomic E-state index is 11.4. The lowest BCUT2D eigenvalue weighted by molar-refractivity contribution is -0.125. The Kier molecular flexibility index (Phi) is 7.44. The molecule has 7 heteroatoms. The fourth-order valence-electron chi connectivity index (χ4n) is 1.16. The molecular weight excluding hydrogens is 228 g/mol. The van der Waals surface area contributed by atoms with Gasteiger partial charge in [-0.25, -0.2) is 0 Å². The van der Waals surface area contributed by atoms with E-state index in [1.54, 1.807) is 0 Å². The van der Waals surface area contributed by atoms with Crippen molar-refractivity contribution in [1.82, 2.24) is 10.6 Å². The Hall–Kier alpha value is -1.18. The van der Waals surface area contributed by atoms with Crippen LogP contribution in [0.15, 0.2) is 0 Å². The summed E-state index contributed by atoms with van der Waals surface area (Å²) >= 11 is 0. The molecule has 0 rings (SSSR count). The van der Waals surface area contributed by atoms with E-state index in [1.807, 2.05) is 0 Å². The van der Waals surface area contributed by atoms with Crippen LogP contribution in [0.4, 0.5) is 0 Å². The van der Waals surface area contributed by atoms with Gasteiger partial charge in [0.2, 0.25) is 11.8 Å². The van der Waals surface area contributed by atoms with Crippen LogP contribution < -0.4 is 10.6 Å². The van der Waals surface area contributed by atoms with Crippen molar-refractivity contribution in [2.24, 2.45) is 0 Å². The smallest absolute Gasteiger partial charge is 0.220 e. The molecule has 0 aliphatic heterocycles. The second kappa shape index (κ2) is 7.99. The molecule has 0 spiro atoms. The van der Waals surface area contributed by atoms with Gasteiger partial charge in [0.1, 0.15) is 5.54 Å². The number of nitrogens with one attached hydrogen (secondary N) is 2. The maximum absolute atomic E-state index is 11.4. The molecule has 0 aromatic carbocycles. The molecule has 0 aromatic heterocycles. The zero-order chi connectivity index (χ0) is 13.3. The van der Waals surface area contributed by atoms with Gasteiger partial charge in [-0.3, -0.25) is 9.59 Å². The third kappa shape index (κ3) is 5.62. The van der Waals surface area contributed by atoms with E-state index in [9.17, 15) is 9.59 Å². The zero-order valence-corrected chi connectivity index (χ0v) is 9.90. The van der Waals surface area contributed by atoms with Crippen LogP contribution in [0.1, 0.15) is 19.3 Å². The summed E-state index contributed by atoms with van der Waals surface area (Å²) in [5, 5.41) is 31.7. The van der Waals surface area contributed by atoms with Gasteiger partial charge in [-0.05, 0) is 6.42 Å². The highest BCUT2D eigenvalue weighted by Gasteiger charge is 2.29. The highest BCUT2D eigenvalue weighted by Crippen LogP contribution is 2.04. The lowest BCUT2D eigenvalue weighted by Crippen LogP contribution is -2.57. The van der Waals surface area contributed by atoms with E-state index < -0.39 is 31.3 Å². The average Bonchev–Trinajstić information content (AvgIpc) is 2.36. The first-order valence-electron chi connectivity index (χ1n) is 5.37. The summed E-state index contributed by atoms with van der Waals surface area (Å²) in [6, 6.07) is 0. The molecule has 0 bridgehead atoms. The summed E-state index contributed by atoms with van der Waals surface area (Å²) in [6.45, 7) is -1.66. The number of aliphatic hydroxyl groups excluding tert-OH is 3. The number of amides is 2. The second-order valence-electron chi connectivity index (χ2n) is 3.83. The molecule has 100 valence electrons. The minimum atomic E-state index is -1.40. The Labute approximate surface area is 99.8 Å². The lowest BCUT2D eigenvalue weighted by atomic mass is 10.0. The number of hydrogen-bond donors (Lipinski definition) is 5. The Morgan fingerprint density at radius 3 is 1.88 bits per heavy atom. The van der Waals surface area contributed by atoms with Crippen molar-refractivity contribution in [3.63, 3.8) is 0 Å². The first-order chi connectivity index (χ1) is 8.03. The molecule has 0 saturated heterocycles. The van der Waals surface area contributed by atoms with Crippen LogP contribution in [0.3, 0.4) is 0 Å². The van der Waals surface area contributed by atoms with Gasteiger partial charge < -0.3 is 26.0 Å². The van der Waals surface area contributed by atoms with E-state index in [1.165, 1.54) is 7.05 Å². The summed E-state index contributed by atoms with van der Waals surface area (Å²) < 4.78 is 0. The molecule has 0 aromatic rings. The maximum Gasteiger partial charge on any atom is 0.220 e. The molecule has 0 fully saturated rings. The van der Waals surface area contributed by atoms with Crippen LogP contribution in [0, 0.1) is 0 Å². The van der Waals surface area contributed by atoms with E-state index in [-0.39, 0.29) is 18.7 Å². The largest absolute Gasteiger partial charge is 0.394 e. The topological polar surface area (TPSA) is 119 Å². The average molecular weight is 248 g/mol. The summed E-state index contributed by atoms with van der Waals surface area (Å²) in [7, 11) is 1.51. The Bertz CT molecular complexity index is 245. The van der Waals surface area contributed by atoms with E-state index in [0.717, 1.165) is 0 Å². The molecule has 2 amide bonds. The van der Waals surface area contributed by atoms with Crippen molar-refractivity contribution in [2.45, 2.75) is 24.8 Å². The normalized spacial score (nSPS) is 11.1. The van der Waals surface area contributed by atoms with Gasteiger partial charge in [0, 0.05) is 19.9 Å².